The molecular formula is C17H17N5O4. The van der Waals surface area contributed by atoms with Crippen LogP contribution in [0, 0.1) is 0 Å². The third kappa shape index (κ3) is 2.17. The van der Waals surface area contributed by atoms with E-state index in [2.05, 4.69) is 4.98 Å². The summed E-state index contributed by atoms with van der Waals surface area (Å²) in [5.74, 6) is -0.601. The van der Waals surface area contributed by atoms with Crippen LogP contribution in [0.15, 0.2) is 39.9 Å². The van der Waals surface area contributed by atoms with E-state index < -0.39 is 23.3 Å². The Balaban J connectivity index is 1.93. The largest absolute Gasteiger partial charge is 0.480 e. The molecule has 2 aromatic heterocycles. The molecule has 9 nitrogen and oxygen atoms in total. The summed E-state index contributed by atoms with van der Waals surface area (Å²) in [5.41, 5.74) is 0.485. The first-order valence-corrected chi connectivity index (χ1v) is 8.09. The van der Waals surface area contributed by atoms with Crippen LogP contribution in [0.25, 0.3) is 11.2 Å². The van der Waals surface area contributed by atoms with E-state index in [9.17, 15) is 19.5 Å². The molecule has 3 heterocycles. The maximum absolute atomic E-state index is 12.6. The van der Waals surface area contributed by atoms with E-state index >= 15 is 0 Å². The van der Waals surface area contributed by atoms with E-state index in [-0.39, 0.29) is 17.7 Å². The predicted octanol–water partition coefficient (Wildman–Crippen LogP) is -0.0929. The standard InChI is InChI=1S/C17H17N5O4/c1-19-13-12(14(23)20(2)17(19)26)22-9-11(15(24)25)21(16(22)18-13)8-10-6-4-3-5-7-10/h3-7,11H,8-9H2,1-2H3,(H,24,25). The van der Waals surface area contributed by atoms with Crippen molar-refractivity contribution in [2.45, 2.75) is 19.1 Å². The molecule has 1 aromatic carbocycles. The second kappa shape index (κ2) is 5.58. The Morgan fingerprint density at radius 3 is 2.54 bits per heavy atom. The maximum Gasteiger partial charge on any atom is 0.332 e. The van der Waals surface area contributed by atoms with Crippen molar-refractivity contribution >= 4 is 23.1 Å². The Kier molecular flexibility index (Phi) is 3.46. The molecule has 0 fully saturated rings. The van der Waals surface area contributed by atoms with Gasteiger partial charge in [0.1, 0.15) is 6.04 Å². The van der Waals surface area contributed by atoms with Gasteiger partial charge in [0.05, 0.1) is 6.54 Å². The van der Waals surface area contributed by atoms with Crippen molar-refractivity contribution in [1.29, 1.82) is 0 Å². The van der Waals surface area contributed by atoms with Crippen molar-refractivity contribution in [2.24, 2.45) is 14.1 Å². The molecule has 0 amide bonds. The minimum absolute atomic E-state index is 0.0987. The Hall–Kier alpha value is -3.36. The third-order valence-corrected chi connectivity index (χ3v) is 4.80. The van der Waals surface area contributed by atoms with Crippen LogP contribution in [-0.2, 0) is 32.0 Å². The molecule has 0 saturated heterocycles. The van der Waals surface area contributed by atoms with Gasteiger partial charge in [0.2, 0.25) is 5.95 Å². The zero-order chi connectivity index (χ0) is 18.6. The highest BCUT2D eigenvalue weighted by atomic mass is 16.4. The van der Waals surface area contributed by atoms with Gasteiger partial charge in [0.25, 0.3) is 5.56 Å². The molecule has 0 radical (unpaired) electrons. The van der Waals surface area contributed by atoms with Gasteiger partial charge in [-0.1, -0.05) is 30.3 Å². The van der Waals surface area contributed by atoms with E-state index in [1.165, 1.54) is 11.6 Å². The van der Waals surface area contributed by atoms with Crippen molar-refractivity contribution in [1.82, 2.24) is 18.7 Å². The number of rotatable bonds is 3. The van der Waals surface area contributed by atoms with Crippen LogP contribution < -0.4 is 16.1 Å². The number of carboxylic acid groups (broad SMARTS) is 1. The summed E-state index contributed by atoms with van der Waals surface area (Å²) < 4.78 is 3.91. The fourth-order valence-corrected chi connectivity index (χ4v) is 3.41. The Labute approximate surface area is 147 Å². The Morgan fingerprint density at radius 2 is 1.88 bits per heavy atom. The molecule has 4 rings (SSSR count). The van der Waals surface area contributed by atoms with E-state index in [0.29, 0.717) is 12.5 Å². The van der Waals surface area contributed by atoms with Gasteiger partial charge in [-0.05, 0) is 5.56 Å². The average molecular weight is 355 g/mol. The van der Waals surface area contributed by atoms with Gasteiger partial charge in [0.15, 0.2) is 11.2 Å². The van der Waals surface area contributed by atoms with Crippen molar-refractivity contribution < 1.29 is 9.90 Å². The number of hydrogen-bond acceptors (Lipinski definition) is 5. The summed E-state index contributed by atoms with van der Waals surface area (Å²) >= 11 is 0. The number of carboxylic acids is 1. The van der Waals surface area contributed by atoms with Gasteiger partial charge in [0, 0.05) is 20.6 Å². The lowest BCUT2D eigenvalue weighted by atomic mass is 10.2. The van der Waals surface area contributed by atoms with Gasteiger partial charge < -0.3 is 14.6 Å². The summed E-state index contributed by atoms with van der Waals surface area (Å²) in [6.07, 6.45) is 0. The smallest absolute Gasteiger partial charge is 0.332 e. The molecule has 0 saturated carbocycles. The molecule has 134 valence electrons. The minimum Gasteiger partial charge on any atom is -0.480 e. The molecule has 0 spiro atoms. The quantitative estimate of drug-likeness (QED) is 0.704. The first-order chi connectivity index (χ1) is 12.4. The van der Waals surface area contributed by atoms with Gasteiger partial charge in [-0.15, -0.1) is 0 Å². The van der Waals surface area contributed by atoms with Crippen molar-refractivity contribution in [3.63, 3.8) is 0 Å². The topological polar surface area (TPSA) is 102 Å². The minimum atomic E-state index is -0.985. The fourth-order valence-electron chi connectivity index (χ4n) is 3.41. The van der Waals surface area contributed by atoms with Crippen molar-refractivity contribution in [3.05, 3.63) is 56.7 Å². The number of benzene rings is 1. The number of aryl methyl sites for hydroxylation is 1. The summed E-state index contributed by atoms with van der Waals surface area (Å²) in [5, 5.41) is 9.63. The van der Waals surface area contributed by atoms with E-state index in [1.807, 2.05) is 30.3 Å². The summed E-state index contributed by atoms with van der Waals surface area (Å²) in [7, 11) is 2.94. The second-order valence-electron chi connectivity index (χ2n) is 6.37. The van der Waals surface area contributed by atoms with Crippen LogP contribution in [0.3, 0.4) is 0 Å². The van der Waals surface area contributed by atoms with E-state index in [0.717, 1.165) is 10.1 Å². The number of aliphatic carboxylic acids is 1. The highest BCUT2D eigenvalue weighted by Gasteiger charge is 2.38. The zero-order valence-electron chi connectivity index (χ0n) is 14.3. The monoisotopic (exact) mass is 355 g/mol. The molecule has 0 aliphatic carbocycles. The number of hydrogen-bond donors (Lipinski definition) is 1. The maximum atomic E-state index is 12.6. The summed E-state index contributed by atoms with van der Waals surface area (Å²) in [6.45, 7) is 0.441. The summed E-state index contributed by atoms with van der Waals surface area (Å²) in [4.78, 5) is 42.6. The fraction of sp³-hybridized carbons (Fsp3) is 0.294. The molecule has 3 aromatic rings. The Morgan fingerprint density at radius 1 is 1.19 bits per heavy atom. The molecule has 1 unspecified atom stereocenters. The normalized spacial score (nSPS) is 16.2. The van der Waals surface area contributed by atoms with Gasteiger partial charge in [-0.3, -0.25) is 13.9 Å². The van der Waals surface area contributed by atoms with E-state index in [1.54, 1.807) is 16.5 Å². The van der Waals surface area contributed by atoms with Crippen LogP contribution >= 0.6 is 0 Å². The lowest BCUT2D eigenvalue weighted by molar-refractivity contribution is -0.138. The van der Waals surface area contributed by atoms with Gasteiger partial charge >= 0.3 is 11.7 Å². The van der Waals surface area contributed by atoms with Gasteiger partial charge in [-0.25, -0.2) is 9.59 Å². The average Bonchev–Trinajstić information content (AvgIpc) is 3.16. The zero-order valence-corrected chi connectivity index (χ0v) is 14.3. The first kappa shape index (κ1) is 16.1. The number of fused-ring (bicyclic) bond motifs is 3. The molecule has 26 heavy (non-hydrogen) atoms. The molecule has 1 aliphatic heterocycles. The van der Waals surface area contributed by atoms with Crippen molar-refractivity contribution in [3.8, 4) is 0 Å². The van der Waals surface area contributed by atoms with Gasteiger partial charge in [-0.2, -0.15) is 4.98 Å². The molecule has 0 bridgehead atoms. The lowest BCUT2D eigenvalue weighted by Crippen LogP contribution is -2.40. The SMILES string of the molecule is Cn1c(=O)c2c(nc3n2CC(C(=O)O)N3Cc2ccccc2)n(C)c1=O. The number of anilines is 1. The Bertz CT molecular complexity index is 1140. The summed E-state index contributed by atoms with van der Waals surface area (Å²) in [6, 6.07) is 8.62. The third-order valence-electron chi connectivity index (χ3n) is 4.80. The van der Waals surface area contributed by atoms with Crippen LogP contribution in [-0.4, -0.2) is 35.8 Å². The molecule has 1 atom stereocenters. The number of aromatic nitrogens is 4. The number of nitrogens with zero attached hydrogens (tertiary/aromatic N) is 5. The number of carbonyl (C=O) groups is 1. The molecule has 9 heteroatoms. The van der Waals surface area contributed by atoms with Crippen LogP contribution in [0.4, 0.5) is 5.95 Å². The molecular weight excluding hydrogens is 338 g/mol. The van der Waals surface area contributed by atoms with Crippen LogP contribution in [0.5, 0.6) is 0 Å². The van der Waals surface area contributed by atoms with E-state index in [4.69, 9.17) is 0 Å². The van der Waals surface area contributed by atoms with Crippen LogP contribution in [0.2, 0.25) is 0 Å². The van der Waals surface area contributed by atoms with Crippen molar-refractivity contribution in [2.75, 3.05) is 4.90 Å². The number of imidazole rings is 1. The van der Waals surface area contributed by atoms with Crippen LogP contribution in [0.1, 0.15) is 5.56 Å². The highest BCUT2D eigenvalue weighted by Crippen LogP contribution is 2.30. The first-order valence-electron chi connectivity index (χ1n) is 8.09. The predicted molar refractivity (Wildman–Crippen MR) is 94.3 cm³/mol. The highest BCUT2D eigenvalue weighted by molar-refractivity contribution is 5.83. The molecule has 1 aliphatic rings. The second-order valence-corrected chi connectivity index (χ2v) is 6.37. The molecule has 1 N–H and O–H groups in total. The lowest BCUT2D eigenvalue weighted by Gasteiger charge is -2.21.